The number of carbonyl (C=O) groups excluding carboxylic acids is 3. The van der Waals surface area contributed by atoms with Crippen molar-refractivity contribution >= 4 is 44.8 Å². The van der Waals surface area contributed by atoms with Crippen molar-refractivity contribution in [3.63, 3.8) is 0 Å². The molecular weight excluding hydrogens is 809 g/mol. The van der Waals surface area contributed by atoms with E-state index in [1.54, 1.807) is 97.5 Å². The van der Waals surface area contributed by atoms with E-state index in [9.17, 15) is 22.8 Å². The molecule has 1 N–H and O–H groups in total. The van der Waals surface area contributed by atoms with E-state index in [0.717, 1.165) is 17.7 Å². The molecule has 16 heteroatoms. The molecule has 0 spiro atoms. The van der Waals surface area contributed by atoms with Crippen molar-refractivity contribution in [2.45, 2.75) is 155 Å². The van der Waals surface area contributed by atoms with Crippen LogP contribution in [0, 0.1) is 18.6 Å². The van der Waals surface area contributed by atoms with Crippen LogP contribution in [0.1, 0.15) is 136 Å². The number of hydrogen-bond donors (Lipinski definition) is 1. The summed E-state index contributed by atoms with van der Waals surface area (Å²) < 4.78 is 77.8. The van der Waals surface area contributed by atoms with Gasteiger partial charge < -0.3 is 19.5 Å². The van der Waals surface area contributed by atoms with Crippen LogP contribution in [0.2, 0.25) is 0 Å². The molecule has 3 amide bonds. The Balaban J connectivity index is 1.68. The third kappa shape index (κ3) is 12.0. The lowest BCUT2D eigenvalue weighted by Crippen LogP contribution is -2.44. The second kappa shape index (κ2) is 17.7. The van der Waals surface area contributed by atoms with Crippen molar-refractivity contribution in [1.82, 2.24) is 20.1 Å². The Hall–Kier alpha value is -5.12. The van der Waals surface area contributed by atoms with Gasteiger partial charge in [0.05, 0.1) is 22.4 Å². The number of rotatable bonds is 9. The topological polar surface area (TPSA) is 159 Å². The summed E-state index contributed by atoms with van der Waals surface area (Å²) in [5, 5.41) is 7.83. The molecule has 0 aliphatic heterocycles. The van der Waals surface area contributed by atoms with Gasteiger partial charge in [-0.25, -0.2) is 36.6 Å². The molecule has 1 aliphatic carbocycles. The smallest absolute Gasteiger partial charge is 0.425 e. The Morgan fingerprint density at radius 2 is 1.39 bits per heavy atom. The maximum atomic E-state index is 16.6. The van der Waals surface area contributed by atoms with Crippen LogP contribution in [-0.2, 0) is 35.6 Å². The van der Waals surface area contributed by atoms with Gasteiger partial charge in [-0.3, -0.25) is 4.68 Å². The average molecular weight is 868 g/mol. The van der Waals surface area contributed by atoms with Gasteiger partial charge in [0.1, 0.15) is 34.1 Å². The first kappa shape index (κ1) is 46.9. The molecule has 4 aromatic rings. The predicted molar refractivity (Wildman–Crippen MR) is 230 cm³/mol. The van der Waals surface area contributed by atoms with Crippen molar-refractivity contribution in [3.05, 3.63) is 76.5 Å². The van der Waals surface area contributed by atoms with E-state index in [1.165, 1.54) is 0 Å². The highest BCUT2D eigenvalue weighted by molar-refractivity contribution is 7.89. The molecule has 0 unspecified atom stereocenters. The van der Waals surface area contributed by atoms with Gasteiger partial charge in [-0.15, -0.1) is 0 Å². The fourth-order valence-electron chi connectivity index (χ4n) is 7.20. The zero-order valence-corrected chi connectivity index (χ0v) is 38.1. The lowest BCUT2D eigenvalue weighted by molar-refractivity contribution is 0.0425. The number of hydrogen-bond acceptors (Lipinski definition) is 10. The summed E-state index contributed by atoms with van der Waals surface area (Å²) in [5.74, 6) is -3.56. The molecule has 1 fully saturated rings. The zero-order chi connectivity index (χ0) is 45.4. The van der Waals surface area contributed by atoms with Crippen LogP contribution in [0.15, 0.2) is 42.6 Å². The lowest BCUT2D eigenvalue weighted by atomic mass is 9.81. The van der Waals surface area contributed by atoms with Gasteiger partial charge in [-0.1, -0.05) is 29.8 Å². The molecule has 1 aliphatic rings. The first-order valence-electron chi connectivity index (χ1n) is 20.5. The summed E-state index contributed by atoms with van der Waals surface area (Å²) in [6.45, 7) is 20.7. The van der Waals surface area contributed by atoms with Crippen LogP contribution < -0.4 is 10.2 Å². The molecular formula is C45H59F2N5O8S. The van der Waals surface area contributed by atoms with Crippen LogP contribution in [0.25, 0.3) is 22.2 Å². The van der Waals surface area contributed by atoms with Crippen LogP contribution in [0.4, 0.5) is 29.0 Å². The number of imide groups is 1. The molecule has 332 valence electrons. The molecule has 5 rings (SSSR count). The van der Waals surface area contributed by atoms with Crippen molar-refractivity contribution in [3.8, 4) is 11.3 Å². The van der Waals surface area contributed by atoms with Gasteiger partial charge >= 0.3 is 18.3 Å². The van der Waals surface area contributed by atoms with Gasteiger partial charge in [0, 0.05) is 29.4 Å². The number of fused-ring (bicyclic) bond motifs is 1. The number of aromatic nitrogens is 3. The minimum absolute atomic E-state index is 0.0509. The molecule has 0 bridgehead atoms. The average Bonchev–Trinajstić information content (AvgIpc) is 3.50. The molecule has 2 aromatic carbocycles. The summed E-state index contributed by atoms with van der Waals surface area (Å²) in [4.78, 5) is 46.1. The van der Waals surface area contributed by atoms with E-state index in [-0.39, 0.29) is 51.8 Å². The number of halogens is 2. The van der Waals surface area contributed by atoms with Crippen molar-refractivity contribution < 1.29 is 45.8 Å². The third-order valence-electron chi connectivity index (χ3n) is 9.75. The molecule has 1 saturated carbocycles. The molecule has 0 saturated heterocycles. The summed E-state index contributed by atoms with van der Waals surface area (Å²) in [7, 11) is -3.94. The number of pyridine rings is 1. The molecule has 2 heterocycles. The lowest BCUT2D eigenvalue weighted by Gasteiger charge is -2.31. The number of benzene rings is 2. The van der Waals surface area contributed by atoms with Crippen LogP contribution in [0.3, 0.4) is 0 Å². The number of aryl methyl sites for hydroxylation is 1. The second-order valence-electron chi connectivity index (χ2n) is 19.1. The minimum atomic E-state index is -3.94. The fourth-order valence-corrected chi connectivity index (χ4v) is 8.70. The number of ether oxygens (including phenoxy) is 3. The van der Waals surface area contributed by atoms with Gasteiger partial charge in [0.2, 0.25) is 0 Å². The molecule has 13 nitrogen and oxygen atoms in total. The Morgan fingerprint density at radius 3 is 1.92 bits per heavy atom. The van der Waals surface area contributed by atoms with Crippen molar-refractivity contribution in [2.24, 2.45) is 0 Å². The SMILES string of the molecule is Cc1ccc(CS(=O)(=O)Cc2cc(F)c(-c3nn(C(C)C)c4c(C5CCC(NC(=O)OC(C)(C)C)CC5)cnc(N(C(=O)OC(C)(C)C)C(=O)OC(C)(C)C)c34)cc2F)cc1. The molecule has 0 radical (unpaired) electrons. The van der Waals surface area contributed by atoms with Crippen LogP contribution >= 0.6 is 0 Å². The minimum Gasteiger partial charge on any atom is -0.444 e. The Morgan fingerprint density at radius 1 is 0.836 bits per heavy atom. The second-order valence-corrected chi connectivity index (χ2v) is 21.1. The number of alkyl carbamates (subject to hydrolysis) is 1. The first-order valence-corrected chi connectivity index (χ1v) is 22.3. The van der Waals surface area contributed by atoms with Gasteiger partial charge in [-0.2, -0.15) is 10.00 Å². The highest BCUT2D eigenvalue weighted by Crippen LogP contribution is 2.44. The summed E-state index contributed by atoms with van der Waals surface area (Å²) >= 11 is 0. The zero-order valence-electron chi connectivity index (χ0n) is 37.2. The van der Waals surface area contributed by atoms with Crippen molar-refractivity contribution in [2.75, 3.05) is 4.90 Å². The van der Waals surface area contributed by atoms with Gasteiger partial charge in [0.15, 0.2) is 15.7 Å². The Kier molecular flexibility index (Phi) is 13.6. The number of carbonyl (C=O) groups is 3. The number of anilines is 1. The number of nitrogens with zero attached hydrogens (tertiary/aromatic N) is 4. The highest BCUT2D eigenvalue weighted by atomic mass is 32.2. The standard InChI is InChI=1S/C45H59F2N5O8S/c1-26(2)52-38-33(29-17-19-31(20-18-29)49-40(53)58-43(4,5)6)23-48-39(51(41(54)59-44(7,8)9)42(55)60-45(10,11)12)36(38)37(50-52)32-22-34(46)30(21-35(32)47)25-61(56,57)24-28-15-13-27(3)14-16-28/h13-16,21-23,26,29,31H,17-20,24-25H2,1-12H3,(H,49,53). The summed E-state index contributed by atoms with van der Waals surface area (Å²) in [6, 6.07) is 8.08. The fraction of sp³-hybridized carbons (Fsp3) is 0.533. The molecule has 2 aromatic heterocycles. The Bertz CT molecular complexity index is 2360. The summed E-state index contributed by atoms with van der Waals surface area (Å²) in [5.41, 5.74) is -1.12. The number of sulfone groups is 1. The van der Waals surface area contributed by atoms with Crippen LogP contribution in [0.5, 0.6) is 0 Å². The van der Waals surface area contributed by atoms with Gasteiger partial charge in [0.25, 0.3) is 0 Å². The largest absolute Gasteiger partial charge is 0.444 e. The van der Waals surface area contributed by atoms with E-state index in [0.29, 0.717) is 47.2 Å². The number of nitrogens with one attached hydrogen (secondary N) is 1. The van der Waals surface area contributed by atoms with Crippen molar-refractivity contribution in [1.29, 1.82) is 0 Å². The van der Waals surface area contributed by atoms with E-state index in [4.69, 9.17) is 24.3 Å². The monoisotopic (exact) mass is 867 g/mol. The third-order valence-corrected chi connectivity index (χ3v) is 11.3. The molecule has 0 atom stereocenters. The normalized spacial score (nSPS) is 16.4. The molecule has 61 heavy (non-hydrogen) atoms. The number of amides is 3. The Labute approximate surface area is 357 Å². The van der Waals surface area contributed by atoms with E-state index < -0.39 is 62.3 Å². The quantitative estimate of drug-likeness (QED) is 0.160. The predicted octanol–water partition coefficient (Wildman–Crippen LogP) is 10.6. The van der Waals surface area contributed by atoms with Crippen LogP contribution in [-0.4, -0.2) is 64.3 Å². The highest BCUT2D eigenvalue weighted by Gasteiger charge is 2.39. The maximum Gasteiger partial charge on any atom is 0.425 e. The van der Waals surface area contributed by atoms with E-state index in [2.05, 4.69) is 5.32 Å². The maximum absolute atomic E-state index is 16.6. The van der Waals surface area contributed by atoms with Gasteiger partial charge in [-0.05, 0) is 138 Å². The first-order chi connectivity index (χ1) is 28.1. The van der Waals surface area contributed by atoms with E-state index in [1.807, 2.05) is 20.8 Å². The summed E-state index contributed by atoms with van der Waals surface area (Å²) in [6.07, 6.45) is 1.15. The van der Waals surface area contributed by atoms with E-state index >= 15 is 8.78 Å².